The van der Waals surface area contributed by atoms with Gasteiger partial charge in [-0.25, -0.2) is 9.18 Å². The number of carbonyl (C=O) groups excluding carboxylic acids is 1. The van der Waals surface area contributed by atoms with Crippen LogP contribution in [0.5, 0.6) is 5.75 Å². The lowest BCUT2D eigenvalue weighted by Gasteiger charge is -2.02. The molecular formula is C9H7FO4. The molecule has 5 heteroatoms. The summed E-state index contributed by atoms with van der Waals surface area (Å²) in [6, 6.07) is 1.90. The molecule has 1 aromatic carbocycles. The van der Waals surface area contributed by atoms with Crippen molar-refractivity contribution in [2.75, 3.05) is 0 Å². The van der Waals surface area contributed by atoms with Crippen LogP contribution in [0.3, 0.4) is 0 Å². The minimum Gasteiger partial charge on any atom is -0.508 e. The van der Waals surface area contributed by atoms with Crippen molar-refractivity contribution in [1.29, 1.82) is 0 Å². The highest BCUT2D eigenvalue weighted by molar-refractivity contribution is 6.40. The lowest BCUT2D eigenvalue weighted by atomic mass is 10.1. The first-order chi connectivity index (χ1) is 6.43. The number of rotatable bonds is 2. The molecule has 0 heterocycles. The Morgan fingerprint density at radius 3 is 2.43 bits per heavy atom. The van der Waals surface area contributed by atoms with Crippen molar-refractivity contribution >= 4 is 11.8 Å². The third-order valence-electron chi connectivity index (χ3n) is 1.68. The van der Waals surface area contributed by atoms with E-state index in [0.29, 0.717) is 0 Å². The Morgan fingerprint density at radius 2 is 1.93 bits per heavy atom. The van der Waals surface area contributed by atoms with E-state index in [-0.39, 0.29) is 11.3 Å². The highest BCUT2D eigenvalue weighted by atomic mass is 19.1. The Balaban J connectivity index is 3.34. The largest absolute Gasteiger partial charge is 0.508 e. The molecule has 0 atom stereocenters. The number of phenolic OH excluding ortho intramolecular Hbond substituents is 1. The van der Waals surface area contributed by atoms with Gasteiger partial charge >= 0.3 is 5.97 Å². The van der Waals surface area contributed by atoms with Crippen LogP contribution in [0.1, 0.15) is 15.9 Å². The van der Waals surface area contributed by atoms with E-state index in [1.807, 2.05) is 0 Å². The molecule has 4 nitrogen and oxygen atoms in total. The molecule has 0 amide bonds. The molecule has 0 aromatic heterocycles. The fraction of sp³-hybridized carbons (Fsp3) is 0.111. The van der Waals surface area contributed by atoms with Crippen LogP contribution in [0.15, 0.2) is 12.1 Å². The van der Waals surface area contributed by atoms with Gasteiger partial charge in [-0.2, -0.15) is 0 Å². The molecule has 0 aliphatic carbocycles. The van der Waals surface area contributed by atoms with E-state index in [2.05, 4.69) is 0 Å². The third kappa shape index (κ3) is 1.71. The minimum absolute atomic E-state index is 0.0228. The number of ketones is 1. The van der Waals surface area contributed by atoms with Crippen molar-refractivity contribution < 1.29 is 24.2 Å². The summed E-state index contributed by atoms with van der Waals surface area (Å²) in [6.45, 7) is 1.33. The van der Waals surface area contributed by atoms with E-state index in [4.69, 9.17) is 10.2 Å². The molecule has 0 bridgehead atoms. The number of phenols is 1. The zero-order valence-corrected chi connectivity index (χ0v) is 7.24. The number of benzene rings is 1. The average molecular weight is 198 g/mol. The first kappa shape index (κ1) is 10.2. The number of hydrogen-bond donors (Lipinski definition) is 2. The second kappa shape index (κ2) is 3.45. The van der Waals surface area contributed by atoms with Gasteiger partial charge in [0.1, 0.15) is 11.6 Å². The van der Waals surface area contributed by atoms with Gasteiger partial charge in [-0.15, -0.1) is 0 Å². The minimum atomic E-state index is -1.76. The fourth-order valence-electron chi connectivity index (χ4n) is 1.03. The third-order valence-corrected chi connectivity index (χ3v) is 1.68. The summed E-state index contributed by atoms with van der Waals surface area (Å²) in [5, 5.41) is 17.4. The molecule has 0 unspecified atom stereocenters. The molecule has 2 N–H and O–H groups in total. The predicted molar refractivity (Wildman–Crippen MR) is 44.8 cm³/mol. The van der Waals surface area contributed by atoms with Gasteiger partial charge in [0, 0.05) is 0 Å². The van der Waals surface area contributed by atoms with Crippen LogP contribution in [-0.2, 0) is 4.79 Å². The van der Waals surface area contributed by atoms with Crippen molar-refractivity contribution in [2.45, 2.75) is 6.92 Å². The van der Waals surface area contributed by atoms with Crippen molar-refractivity contribution in [3.63, 3.8) is 0 Å². The van der Waals surface area contributed by atoms with Crippen molar-refractivity contribution in [1.82, 2.24) is 0 Å². The highest BCUT2D eigenvalue weighted by Gasteiger charge is 2.20. The molecule has 74 valence electrons. The zero-order chi connectivity index (χ0) is 10.9. The lowest BCUT2D eigenvalue weighted by Crippen LogP contribution is -2.14. The Kier molecular flexibility index (Phi) is 2.51. The Hall–Kier alpha value is -1.91. The quantitative estimate of drug-likeness (QED) is 0.551. The number of halogens is 1. The molecule has 0 fully saturated rings. The maximum atomic E-state index is 13.2. The molecule has 0 saturated heterocycles. The molecular weight excluding hydrogens is 191 g/mol. The topological polar surface area (TPSA) is 74.6 Å². The molecule has 0 spiro atoms. The second-order valence-corrected chi connectivity index (χ2v) is 2.76. The first-order valence-electron chi connectivity index (χ1n) is 3.70. The van der Waals surface area contributed by atoms with Gasteiger partial charge in [0.2, 0.25) is 0 Å². The van der Waals surface area contributed by atoms with E-state index in [1.165, 1.54) is 6.92 Å². The number of carboxylic acid groups (broad SMARTS) is 1. The maximum Gasteiger partial charge on any atom is 0.377 e. The van der Waals surface area contributed by atoms with Crippen molar-refractivity contribution in [3.05, 3.63) is 29.1 Å². The van der Waals surface area contributed by atoms with Crippen LogP contribution < -0.4 is 0 Å². The van der Waals surface area contributed by atoms with Crippen LogP contribution in [0.2, 0.25) is 0 Å². The van der Waals surface area contributed by atoms with Gasteiger partial charge < -0.3 is 10.2 Å². The van der Waals surface area contributed by atoms with Crippen LogP contribution >= 0.6 is 0 Å². The molecule has 0 aliphatic rings. The summed E-state index contributed by atoms with van der Waals surface area (Å²) >= 11 is 0. The lowest BCUT2D eigenvalue weighted by molar-refractivity contribution is -0.131. The van der Waals surface area contributed by atoms with Gasteiger partial charge in [0.15, 0.2) is 0 Å². The Labute approximate surface area is 78.6 Å². The van der Waals surface area contributed by atoms with E-state index in [9.17, 15) is 14.0 Å². The van der Waals surface area contributed by atoms with Crippen LogP contribution in [0.25, 0.3) is 0 Å². The smallest absolute Gasteiger partial charge is 0.377 e. The van der Waals surface area contributed by atoms with Crippen LogP contribution in [0, 0.1) is 12.7 Å². The molecule has 1 rings (SSSR count). The van der Waals surface area contributed by atoms with Crippen LogP contribution in [0.4, 0.5) is 4.39 Å². The summed E-state index contributed by atoms with van der Waals surface area (Å²) < 4.78 is 13.2. The first-order valence-corrected chi connectivity index (χ1v) is 3.70. The molecule has 0 saturated carbocycles. The van der Waals surface area contributed by atoms with E-state index in [1.54, 1.807) is 0 Å². The predicted octanol–water partition coefficient (Wildman–Crippen LogP) is 1.11. The van der Waals surface area contributed by atoms with E-state index in [0.717, 1.165) is 12.1 Å². The van der Waals surface area contributed by atoms with Gasteiger partial charge in [0.25, 0.3) is 5.78 Å². The standard InChI is InChI=1S/C9H7FO4/c1-4-2-5(11)3-6(7(4)10)8(12)9(13)14/h2-3,11H,1H3,(H,13,14). The molecule has 14 heavy (non-hydrogen) atoms. The second-order valence-electron chi connectivity index (χ2n) is 2.76. The molecule has 0 aliphatic heterocycles. The SMILES string of the molecule is Cc1cc(O)cc(C(=O)C(=O)O)c1F. The van der Waals surface area contributed by atoms with Gasteiger partial charge in [-0.3, -0.25) is 4.79 Å². The molecule has 0 radical (unpaired) electrons. The number of Topliss-reactive ketones (excluding diaryl/α,β-unsaturated/α-hetero) is 1. The summed E-state index contributed by atoms with van der Waals surface area (Å²) in [7, 11) is 0. The van der Waals surface area contributed by atoms with Gasteiger partial charge in [-0.05, 0) is 24.6 Å². The number of carboxylic acids is 1. The average Bonchev–Trinajstić information content (AvgIpc) is 2.09. The van der Waals surface area contributed by atoms with Crippen molar-refractivity contribution in [3.8, 4) is 5.75 Å². The van der Waals surface area contributed by atoms with Gasteiger partial charge in [-0.1, -0.05) is 0 Å². The van der Waals surface area contributed by atoms with E-state index >= 15 is 0 Å². The summed E-state index contributed by atoms with van der Waals surface area (Å²) in [4.78, 5) is 21.2. The number of aryl methyl sites for hydroxylation is 1. The Bertz CT molecular complexity index is 412. The number of aromatic hydroxyl groups is 1. The van der Waals surface area contributed by atoms with Gasteiger partial charge in [0.05, 0.1) is 5.56 Å². The summed E-state index contributed by atoms with van der Waals surface area (Å²) in [6.07, 6.45) is 0. The normalized spacial score (nSPS) is 9.86. The Morgan fingerprint density at radius 1 is 1.36 bits per heavy atom. The number of aliphatic carboxylic acids is 1. The number of hydrogen-bond acceptors (Lipinski definition) is 3. The van der Waals surface area contributed by atoms with Crippen molar-refractivity contribution in [2.24, 2.45) is 0 Å². The monoisotopic (exact) mass is 198 g/mol. The summed E-state index contributed by atoms with van der Waals surface area (Å²) in [5.74, 6) is -4.39. The number of carbonyl (C=O) groups is 2. The highest BCUT2D eigenvalue weighted by Crippen LogP contribution is 2.20. The van der Waals surface area contributed by atoms with Crippen LogP contribution in [-0.4, -0.2) is 22.0 Å². The zero-order valence-electron chi connectivity index (χ0n) is 7.24. The fourth-order valence-corrected chi connectivity index (χ4v) is 1.03. The molecule has 1 aromatic rings. The van der Waals surface area contributed by atoms with E-state index < -0.39 is 23.1 Å². The summed E-state index contributed by atoms with van der Waals surface area (Å²) in [5.41, 5.74) is -0.607. The maximum absolute atomic E-state index is 13.2.